The van der Waals surface area contributed by atoms with Crippen LogP contribution in [0.1, 0.15) is 17.3 Å². The van der Waals surface area contributed by atoms with Crippen molar-refractivity contribution in [3.63, 3.8) is 0 Å². The molecule has 2 aromatic rings. The fraction of sp³-hybridized carbons (Fsp3) is 0.167. The second-order valence-electron chi connectivity index (χ2n) is 3.60. The van der Waals surface area contributed by atoms with E-state index in [0.29, 0.717) is 5.69 Å². The number of nitrogens with one attached hydrogen (secondary N) is 1. The average Bonchev–Trinajstić information content (AvgIpc) is 2.34. The van der Waals surface area contributed by atoms with Crippen molar-refractivity contribution in [3.05, 3.63) is 52.5 Å². The minimum atomic E-state index is -0.0701. The van der Waals surface area contributed by atoms with Crippen LogP contribution in [0.15, 0.2) is 41.3 Å². The largest absolute Gasteiger partial charge is 0.398 e. The SMILES string of the molecule is CNC(c1cnccc1N)c1ncccc1Br. The van der Waals surface area contributed by atoms with E-state index in [1.165, 1.54) is 0 Å². The molecule has 0 aliphatic carbocycles. The van der Waals surface area contributed by atoms with Crippen LogP contribution in [0.5, 0.6) is 0 Å². The Labute approximate surface area is 108 Å². The van der Waals surface area contributed by atoms with Crippen molar-refractivity contribution in [3.8, 4) is 0 Å². The maximum atomic E-state index is 5.96. The molecule has 2 heterocycles. The lowest BCUT2D eigenvalue weighted by Crippen LogP contribution is -2.20. The summed E-state index contributed by atoms with van der Waals surface area (Å²) in [6, 6.07) is 5.56. The minimum absolute atomic E-state index is 0.0701. The van der Waals surface area contributed by atoms with Gasteiger partial charge in [0.15, 0.2) is 0 Å². The summed E-state index contributed by atoms with van der Waals surface area (Å²) in [5.74, 6) is 0. The molecule has 88 valence electrons. The molecule has 0 saturated heterocycles. The lowest BCUT2D eigenvalue weighted by atomic mass is 10.0. The van der Waals surface area contributed by atoms with Crippen LogP contribution in [0.25, 0.3) is 0 Å². The topological polar surface area (TPSA) is 63.8 Å². The summed E-state index contributed by atoms with van der Waals surface area (Å²) in [6.45, 7) is 0. The van der Waals surface area contributed by atoms with E-state index in [1.807, 2.05) is 19.2 Å². The molecule has 17 heavy (non-hydrogen) atoms. The van der Waals surface area contributed by atoms with Gasteiger partial charge < -0.3 is 11.1 Å². The molecule has 5 heteroatoms. The number of nitrogens with two attached hydrogens (primary N) is 1. The third kappa shape index (κ3) is 2.45. The molecule has 2 aromatic heterocycles. The van der Waals surface area contributed by atoms with Crippen molar-refractivity contribution in [2.75, 3.05) is 12.8 Å². The van der Waals surface area contributed by atoms with E-state index in [9.17, 15) is 0 Å². The van der Waals surface area contributed by atoms with Gasteiger partial charge in [-0.3, -0.25) is 9.97 Å². The van der Waals surface area contributed by atoms with Gasteiger partial charge in [-0.15, -0.1) is 0 Å². The van der Waals surface area contributed by atoms with E-state index in [4.69, 9.17) is 5.73 Å². The first kappa shape index (κ1) is 12.0. The van der Waals surface area contributed by atoms with Crippen LogP contribution in [0.3, 0.4) is 0 Å². The van der Waals surface area contributed by atoms with Gasteiger partial charge in [0, 0.05) is 34.3 Å². The summed E-state index contributed by atoms with van der Waals surface area (Å²) in [4.78, 5) is 8.48. The van der Waals surface area contributed by atoms with E-state index < -0.39 is 0 Å². The number of nitrogens with zero attached hydrogens (tertiary/aromatic N) is 2. The number of nitrogen functional groups attached to an aromatic ring is 1. The molecule has 1 unspecified atom stereocenters. The number of halogens is 1. The van der Waals surface area contributed by atoms with E-state index in [1.54, 1.807) is 24.7 Å². The number of pyridine rings is 2. The fourth-order valence-electron chi connectivity index (χ4n) is 1.71. The van der Waals surface area contributed by atoms with Gasteiger partial charge in [-0.25, -0.2) is 0 Å². The highest BCUT2D eigenvalue weighted by molar-refractivity contribution is 9.10. The second-order valence-corrected chi connectivity index (χ2v) is 4.45. The van der Waals surface area contributed by atoms with E-state index in [0.717, 1.165) is 15.7 Å². The maximum absolute atomic E-state index is 5.96. The highest BCUT2D eigenvalue weighted by Crippen LogP contribution is 2.28. The Hall–Kier alpha value is -1.46. The highest BCUT2D eigenvalue weighted by atomic mass is 79.9. The van der Waals surface area contributed by atoms with Crippen LogP contribution in [0.4, 0.5) is 5.69 Å². The van der Waals surface area contributed by atoms with Gasteiger partial charge in [0.05, 0.1) is 11.7 Å². The van der Waals surface area contributed by atoms with Crippen molar-refractivity contribution >= 4 is 21.6 Å². The molecule has 0 fully saturated rings. The Balaban J connectivity index is 2.48. The molecule has 3 N–H and O–H groups in total. The van der Waals surface area contributed by atoms with Crippen molar-refractivity contribution in [2.24, 2.45) is 0 Å². The van der Waals surface area contributed by atoms with Crippen LogP contribution >= 0.6 is 15.9 Å². The smallest absolute Gasteiger partial charge is 0.0795 e. The predicted octanol–water partition coefficient (Wildman–Crippen LogP) is 2.13. The fourth-order valence-corrected chi connectivity index (χ4v) is 2.19. The zero-order valence-corrected chi connectivity index (χ0v) is 11.0. The Morgan fingerprint density at radius 3 is 2.82 bits per heavy atom. The standard InChI is InChI=1S/C12H13BrN4/c1-15-11(8-7-16-6-4-10(8)14)12-9(13)3-2-5-17-12/h2-7,11,15H,1H3,(H2,14,16). The number of rotatable bonds is 3. The van der Waals surface area contributed by atoms with Crippen molar-refractivity contribution in [2.45, 2.75) is 6.04 Å². The van der Waals surface area contributed by atoms with Crippen LogP contribution in [0, 0.1) is 0 Å². The van der Waals surface area contributed by atoms with Crippen molar-refractivity contribution < 1.29 is 0 Å². The van der Waals surface area contributed by atoms with Crippen LogP contribution < -0.4 is 11.1 Å². The molecular formula is C12H13BrN4. The number of hydrogen-bond donors (Lipinski definition) is 2. The molecule has 0 spiro atoms. The summed E-state index contributed by atoms with van der Waals surface area (Å²) >= 11 is 3.50. The van der Waals surface area contributed by atoms with E-state index in [-0.39, 0.29) is 6.04 Å². The first-order valence-corrected chi connectivity index (χ1v) is 6.00. The molecule has 4 nitrogen and oxygen atoms in total. The van der Waals surface area contributed by atoms with Gasteiger partial charge in [0.25, 0.3) is 0 Å². The molecule has 0 radical (unpaired) electrons. The third-order valence-electron chi connectivity index (χ3n) is 2.55. The number of hydrogen-bond acceptors (Lipinski definition) is 4. The molecule has 0 saturated carbocycles. The van der Waals surface area contributed by atoms with Crippen LogP contribution in [-0.4, -0.2) is 17.0 Å². The molecule has 0 aliphatic rings. The summed E-state index contributed by atoms with van der Waals surface area (Å²) < 4.78 is 0.947. The summed E-state index contributed by atoms with van der Waals surface area (Å²) in [7, 11) is 1.87. The molecule has 0 bridgehead atoms. The number of aromatic nitrogens is 2. The van der Waals surface area contributed by atoms with Crippen molar-refractivity contribution in [1.29, 1.82) is 0 Å². The Kier molecular flexibility index (Phi) is 3.71. The zero-order valence-electron chi connectivity index (χ0n) is 9.39. The summed E-state index contributed by atoms with van der Waals surface area (Å²) in [5.41, 5.74) is 8.49. The lowest BCUT2D eigenvalue weighted by Gasteiger charge is -2.18. The molecule has 1 atom stereocenters. The van der Waals surface area contributed by atoms with Gasteiger partial charge >= 0.3 is 0 Å². The Bertz CT molecular complexity index is 470. The second kappa shape index (κ2) is 5.25. The predicted molar refractivity (Wildman–Crippen MR) is 71.5 cm³/mol. The van der Waals surface area contributed by atoms with Gasteiger partial charge in [-0.1, -0.05) is 0 Å². The zero-order chi connectivity index (χ0) is 12.3. The quantitative estimate of drug-likeness (QED) is 0.910. The van der Waals surface area contributed by atoms with Gasteiger partial charge in [-0.2, -0.15) is 0 Å². The molecule has 0 aliphatic heterocycles. The number of anilines is 1. The van der Waals surface area contributed by atoms with Gasteiger partial charge in [0.1, 0.15) is 0 Å². The van der Waals surface area contributed by atoms with Gasteiger partial charge in [-0.05, 0) is 41.2 Å². The Morgan fingerprint density at radius 2 is 2.18 bits per heavy atom. The Morgan fingerprint density at radius 1 is 1.35 bits per heavy atom. The average molecular weight is 293 g/mol. The maximum Gasteiger partial charge on any atom is 0.0795 e. The monoisotopic (exact) mass is 292 g/mol. The summed E-state index contributed by atoms with van der Waals surface area (Å²) in [5, 5.41) is 3.20. The normalized spacial score (nSPS) is 12.4. The van der Waals surface area contributed by atoms with E-state index in [2.05, 4.69) is 31.2 Å². The summed E-state index contributed by atoms with van der Waals surface area (Å²) in [6.07, 6.45) is 5.20. The first-order chi connectivity index (χ1) is 8.24. The highest BCUT2D eigenvalue weighted by Gasteiger charge is 2.18. The van der Waals surface area contributed by atoms with Crippen LogP contribution in [0.2, 0.25) is 0 Å². The lowest BCUT2D eigenvalue weighted by molar-refractivity contribution is 0.667. The molecular weight excluding hydrogens is 280 g/mol. The minimum Gasteiger partial charge on any atom is -0.398 e. The molecule has 0 aromatic carbocycles. The van der Waals surface area contributed by atoms with Crippen molar-refractivity contribution in [1.82, 2.24) is 15.3 Å². The van der Waals surface area contributed by atoms with Gasteiger partial charge in [0.2, 0.25) is 0 Å². The molecule has 2 rings (SSSR count). The molecule has 0 amide bonds. The first-order valence-electron chi connectivity index (χ1n) is 5.21. The van der Waals surface area contributed by atoms with E-state index >= 15 is 0 Å². The van der Waals surface area contributed by atoms with Crippen LogP contribution in [-0.2, 0) is 0 Å². The third-order valence-corrected chi connectivity index (χ3v) is 3.22.